The number of piperidine rings is 1. The second-order valence-corrected chi connectivity index (χ2v) is 11.8. The van der Waals surface area contributed by atoms with Crippen molar-refractivity contribution in [3.05, 3.63) is 54.1 Å². The highest BCUT2D eigenvalue weighted by molar-refractivity contribution is 7.89. The van der Waals surface area contributed by atoms with Gasteiger partial charge in [-0.2, -0.15) is 4.31 Å². The van der Waals surface area contributed by atoms with Crippen LogP contribution in [0.3, 0.4) is 0 Å². The number of nitrogens with two attached hydrogens (primary N) is 1. The summed E-state index contributed by atoms with van der Waals surface area (Å²) in [5.74, 6) is -0.248. The fourth-order valence-corrected chi connectivity index (χ4v) is 6.31. The van der Waals surface area contributed by atoms with E-state index in [4.69, 9.17) is 5.14 Å². The van der Waals surface area contributed by atoms with Gasteiger partial charge in [0.2, 0.25) is 26.0 Å². The maximum absolute atomic E-state index is 13.0. The average molecular weight is 509 g/mol. The summed E-state index contributed by atoms with van der Waals surface area (Å²) in [5, 5.41) is 10.9. The van der Waals surface area contributed by atoms with Gasteiger partial charge in [0.1, 0.15) is 0 Å². The molecule has 1 saturated heterocycles. The fourth-order valence-electron chi connectivity index (χ4n) is 4.03. The van der Waals surface area contributed by atoms with E-state index in [0.29, 0.717) is 25.2 Å². The zero-order valence-electron chi connectivity index (χ0n) is 19.2. The summed E-state index contributed by atoms with van der Waals surface area (Å²) in [5.41, 5.74) is 1.44. The smallest absolute Gasteiger partial charge is 0.243 e. The lowest BCUT2D eigenvalue weighted by Crippen LogP contribution is -2.43. The SMILES string of the molecule is CCC1CCCCN1S(=O)(=O)c1ccc(NC(=O)CNCCc2ccc(S(N)(=O)=O)cc2)cc1. The number of anilines is 1. The number of carbonyl (C=O) groups excluding carboxylic acids is 1. The van der Waals surface area contributed by atoms with Crippen LogP contribution in [0.25, 0.3) is 0 Å². The Balaban J connectivity index is 1.47. The normalized spacial score (nSPS) is 17.4. The van der Waals surface area contributed by atoms with Crippen molar-refractivity contribution >= 4 is 31.6 Å². The summed E-state index contributed by atoms with van der Waals surface area (Å²) in [4.78, 5) is 12.5. The van der Waals surface area contributed by atoms with Gasteiger partial charge in [-0.1, -0.05) is 25.5 Å². The minimum atomic E-state index is -3.71. The van der Waals surface area contributed by atoms with Crippen molar-refractivity contribution in [3.63, 3.8) is 0 Å². The Hall–Kier alpha value is -2.31. The lowest BCUT2D eigenvalue weighted by Gasteiger charge is -2.34. The molecule has 9 nitrogen and oxygen atoms in total. The number of hydrogen-bond acceptors (Lipinski definition) is 6. The molecule has 1 fully saturated rings. The van der Waals surface area contributed by atoms with Crippen LogP contribution in [0.15, 0.2) is 58.3 Å². The second-order valence-electron chi connectivity index (χ2n) is 8.36. The summed E-state index contributed by atoms with van der Waals surface area (Å²) in [7, 11) is -7.27. The lowest BCUT2D eigenvalue weighted by molar-refractivity contribution is -0.115. The third kappa shape index (κ3) is 6.86. The molecule has 1 atom stereocenters. The minimum absolute atomic E-state index is 0.0378. The van der Waals surface area contributed by atoms with E-state index < -0.39 is 20.0 Å². The summed E-state index contributed by atoms with van der Waals surface area (Å²) in [6, 6.07) is 12.6. The van der Waals surface area contributed by atoms with Gasteiger partial charge in [0.15, 0.2) is 0 Å². The molecule has 1 heterocycles. The summed E-state index contributed by atoms with van der Waals surface area (Å²) >= 11 is 0. The Bertz CT molecular complexity index is 1180. The van der Waals surface area contributed by atoms with Crippen LogP contribution >= 0.6 is 0 Å². The number of primary sulfonamides is 1. The van der Waals surface area contributed by atoms with Gasteiger partial charge >= 0.3 is 0 Å². The number of sulfonamides is 2. The highest BCUT2D eigenvalue weighted by Crippen LogP contribution is 2.27. The molecule has 3 rings (SSSR count). The predicted octanol–water partition coefficient (Wildman–Crippen LogP) is 2.06. The van der Waals surface area contributed by atoms with Crippen molar-refractivity contribution in [2.75, 3.05) is 25.0 Å². The summed E-state index contributed by atoms with van der Waals surface area (Å²) in [6.45, 7) is 3.16. The van der Waals surface area contributed by atoms with Crippen LogP contribution in [0, 0.1) is 0 Å². The molecule has 1 aliphatic heterocycles. The molecule has 186 valence electrons. The van der Waals surface area contributed by atoms with Crippen LogP contribution in [0.1, 0.15) is 38.2 Å². The predicted molar refractivity (Wildman–Crippen MR) is 131 cm³/mol. The van der Waals surface area contributed by atoms with Crippen molar-refractivity contribution in [2.24, 2.45) is 5.14 Å². The molecular formula is C23H32N4O5S2. The van der Waals surface area contributed by atoms with Crippen molar-refractivity contribution < 1.29 is 21.6 Å². The Morgan fingerprint density at radius 2 is 1.65 bits per heavy atom. The van der Waals surface area contributed by atoms with Gasteiger partial charge in [-0.25, -0.2) is 22.0 Å². The molecule has 1 unspecified atom stereocenters. The second kappa shape index (κ2) is 11.4. The summed E-state index contributed by atoms with van der Waals surface area (Å²) in [6.07, 6.45) is 4.21. The Labute approximate surface area is 201 Å². The number of nitrogens with one attached hydrogen (secondary N) is 2. The molecule has 2 aromatic rings. The van der Waals surface area contributed by atoms with Crippen LogP contribution < -0.4 is 15.8 Å². The van der Waals surface area contributed by atoms with E-state index in [1.165, 1.54) is 24.3 Å². The maximum atomic E-state index is 13.0. The van der Waals surface area contributed by atoms with Crippen LogP contribution in [0.4, 0.5) is 5.69 Å². The van der Waals surface area contributed by atoms with E-state index in [-0.39, 0.29) is 28.3 Å². The van der Waals surface area contributed by atoms with Gasteiger partial charge < -0.3 is 10.6 Å². The van der Waals surface area contributed by atoms with Crippen LogP contribution in [-0.2, 0) is 31.3 Å². The highest BCUT2D eigenvalue weighted by Gasteiger charge is 2.32. The van der Waals surface area contributed by atoms with Crippen molar-refractivity contribution in [1.29, 1.82) is 0 Å². The quantitative estimate of drug-likeness (QED) is 0.420. The molecule has 1 aliphatic rings. The number of amides is 1. The Morgan fingerprint density at radius 3 is 2.26 bits per heavy atom. The molecule has 0 saturated carbocycles. The van der Waals surface area contributed by atoms with E-state index >= 15 is 0 Å². The molecule has 4 N–H and O–H groups in total. The maximum Gasteiger partial charge on any atom is 0.243 e. The first kappa shape index (κ1) is 26.3. The third-order valence-electron chi connectivity index (χ3n) is 5.92. The fraction of sp³-hybridized carbons (Fsp3) is 0.435. The molecule has 2 aromatic carbocycles. The first-order chi connectivity index (χ1) is 16.1. The largest absolute Gasteiger partial charge is 0.325 e. The number of nitrogens with zero attached hydrogens (tertiary/aromatic N) is 1. The standard InChI is InChI=1S/C23H32N4O5S2/c1-2-20-5-3-4-16-27(20)34(31,32)22-12-8-19(9-13-22)26-23(28)17-25-15-14-18-6-10-21(11-7-18)33(24,29)30/h6-13,20,25H,2-5,14-17H2,1H3,(H,26,28)(H2,24,29,30). The van der Waals surface area contributed by atoms with E-state index in [9.17, 15) is 21.6 Å². The zero-order valence-corrected chi connectivity index (χ0v) is 20.9. The lowest BCUT2D eigenvalue weighted by atomic mass is 10.0. The van der Waals surface area contributed by atoms with Gasteiger partial charge in [0.25, 0.3) is 0 Å². The van der Waals surface area contributed by atoms with Crippen molar-refractivity contribution in [2.45, 2.75) is 54.9 Å². The van der Waals surface area contributed by atoms with E-state index in [1.54, 1.807) is 28.6 Å². The Kier molecular flexibility index (Phi) is 8.83. The molecule has 0 spiro atoms. The monoisotopic (exact) mass is 508 g/mol. The van der Waals surface area contributed by atoms with Crippen LogP contribution in [0.5, 0.6) is 0 Å². The third-order valence-corrected chi connectivity index (χ3v) is 8.81. The topological polar surface area (TPSA) is 139 Å². The van der Waals surface area contributed by atoms with Gasteiger partial charge in [0.05, 0.1) is 16.3 Å². The van der Waals surface area contributed by atoms with Gasteiger partial charge in [0, 0.05) is 18.3 Å². The first-order valence-electron chi connectivity index (χ1n) is 11.4. The number of benzene rings is 2. The van der Waals surface area contributed by atoms with Crippen molar-refractivity contribution in [3.8, 4) is 0 Å². The zero-order chi connectivity index (χ0) is 24.8. The van der Waals surface area contributed by atoms with E-state index in [1.807, 2.05) is 6.92 Å². The minimum Gasteiger partial charge on any atom is -0.325 e. The van der Waals surface area contributed by atoms with Crippen LogP contribution in [0.2, 0.25) is 0 Å². The Morgan fingerprint density at radius 1 is 1.00 bits per heavy atom. The van der Waals surface area contributed by atoms with Crippen molar-refractivity contribution in [1.82, 2.24) is 9.62 Å². The highest BCUT2D eigenvalue weighted by atomic mass is 32.2. The molecule has 0 radical (unpaired) electrons. The molecule has 0 bridgehead atoms. The molecular weight excluding hydrogens is 476 g/mol. The van der Waals surface area contributed by atoms with Gasteiger partial charge in [-0.05, 0) is 74.2 Å². The molecule has 1 amide bonds. The van der Waals surface area contributed by atoms with Gasteiger partial charge in [-0.3, -0.25) is 4.79 Å². The number of rotatable bonds is 10. The molecule has 34 heavy (non-hydrogen) atoms. The van der Waals surface area contributed by atoms with Crippen LogP contribution in [-0.4, -0.2) is 52.7 Å². The molecule has 0 aromatic heterocycles. The van der Waals surface area contributed by atoms with Gasteiger partial charge in [-0.15, -0.1) is 0 Å². The molecule has 11 heteroatoms. The van der Waals surface area contributed by atoms with E-state index in [0.717, 1.165) is 31.2 Å². The van der Waals surface area contributed by atoms with E-state index in [2.05, 4.69) is 10.6 Å². The number of hydrogen-bond donors (Lipinski definition) is 3. The molecule has 0 aliphatic carbocycles. The summed E-state index contributed by atoms with van der Waals surface area (Å²) < 4.78 is 50.3. The number of carbonyl (C=O) groups is 1. The average Bonchev–Trinajstić information content (AvgIpc) is 2.82. The first-order valence-corrected chi connectivity index (χ1v) is 14.3.